The first-order valence-corrected chi connectivity index (χ1v) is 7.03. The van der Waals surface area contributed by atoms with E-state index in [0.717, 1.165) is 38.0 Å². The van der Waals surface area contributed by atoms with E-state index in [1.54, 1.807) is 12.1 Å². The molecular formula is C15H22FNO2. The molecule has 19 heavy (non-hydrogen) atoms. The Balaban J connectivity index is 1.90. The molecule has 1 aliphatic heterocycles. The fourth-order valence-corrected chi connectivity index (χ4v) is 2.14. The summed E-state index contributed by atoms with van der Waals surface area (Å²) in [6, 6.07) is 5.17. The van der Waals surface area contributed by atoms with E-state index >= 15 is 0 Å². The van der Waals surface area contributed by atoms with Crippen molar-refractivity contribution in [3.63, 3.8) is 0 Å². The van der Waals surface area contributed by atoms with E-state index < -0.39 is 0 Å². The van der Waals surface area contributed by atoms with Crippen molar-refractivity contribution < 1.29 is 13.9 Å². The van der Waals surface area contributed by atoms with Crippen LogP contribution in [-0.2, 0) is 11.3 Å². The molecule has 1 heterocycles. The Bertz CT molecular complexity index is 392. The normalized spacial score (nSPS) is 19.4. The van der Waals surface area contributed by atoms with Gasteiger partial charge in [-0.25, -0.2) is 4.39 Å². The van der Waals surface area contributed by atoms with Gasteiger partial charge in [0.05, 0.1) is 6.61 Å². The molecule has 1 unspecified atom stereocenters. The molecule has 4 heteroatoms. The Morgan fingerprint density at radius 2 is 2.37 bits per heavy atom. The molecule has 0 spiro atoms. The van der Waals surface area contributed by atoms with Gasteiger partial charge in [-0.05, 0) is 43.5 Å². The van der Waals surface area contributed by atoms with Crippen LogP contribution in [0.25, 0.3) is 0 Å². The Labute approximate surface area is 114 Å². The van der Waals surface area contributed by atoms with E-state index in [-0.39, 0.29) is 11.9 Å². The second-order valence-corrected chi connectivity index (χ2v) is 4.90. The third kappa shape index (κ3) is 4.48. The van der Waals surface area contributed by atoms with Gasteiger partial charge in [0.1, 0.15) is 6.10 Å². The number of hydrogen-bond donors (Lipinski definition) is 1. The maximum Gasteiger partial charge on any atom is 0.165 e. The summed E-state index contributed by atoms with van der Waals surface area (Å²) in [5.74, 6) is 0.0381. The average molecular weight is 267 g/mol. The van der Waals surface area contributed by atoms with Gasteiger partial charge < -0.3 is 14.8 Å². The van der Waals surface area contributed by atoms with Gasteiger partial charge in [0, 0.05) is 13.2 Å². The predicted octanol–water partition coefficient (Wildman–Crippen LogP) is 2.88. The van der Waals surface area contributed by atoms with Crippen LogP contribution in [0.3, 0.4) is 0 Å². The molecule has 1 aromatic carbocycles. The first-order chi connectivity index (χ1) is 9.29. The molecule has 3 nitrogen and oxygen atoms in total. The third-order valence-electron chi connectivity index (χ3n) is 3.16. The summed E-state index contributed by atoms with van der Waals surface area (Å²) < 4.78 is 24.9. The summed E-state index contributed by atoms with van der Waals surface area (Å²) in [4.78, 5) is 0. The maximum absolute atomic E-state index is 13.9. The van der Waals surface area contributed by atoms with Gasteiger partial charge in [0.25, 0.3) is 0 Å². The summed E-state index contributed by atoms with van der Waals surface area (Å²) in [6.07, 6.45) is 2.96. The molecule has 0 saturated carbocycles. The molecule has 1 saturated heterocycles. The SMILES string of the molecule is CCCNCc1ccc(OC2CCCOC2)c(F)c1. The number of nitrogens with one attached hydrogen (secondary N) is 1. The van der Waals surface area contributed by atoms with Crippen molar-refractivity contribution in [2.75, 3.05) is 19.8 Å². The highest BCUT2D eigenvalue weighted by Crippen LogP contribution is 2.22. The van der Waals surface area contributed by atoms with Gasteiger partial charge in [-0.3, -0.25) is 0 Å². The Morgan fingerprint density at radius 3 is 3.05 bits per heavy atom. The van der Waals surface area contributed by atoms with E-state index in [1.165, 1.54) is 0 Å². The highest BCUT2D eigenvalue weighted by molar-refractivity contribution is 5.29. The van der Waals surface area contributed by atoms with Crippen LogP contribution in [0.1, 0.15) is 31.7 Å². The standard InChI is InChI=1S/C15H22FNO2/c1-2-7-17-10-12-5-6-15(14(16)9-12)19-13-4-3-8-18-11-13/h5-6,9,13,17H,2-4,7-8,10-11H2,1H3. The van der Waals surface area contributed by atoms with E-state index in [1.807, 2.05) is 6.07 Å². The smallest absolute Gasteiger partial charge is 0.165 e. The monoisotopic (exact) mass is 267 g/mol. The summed E-state index contributed by atoms with van der Waals surface area (Å²) in [7, 11) is 0. The van der Waals surface area contributed by atoms with E-state index in [0.29, 0.717) is 18.9 Å². The van der Waals surface area contributed by atoms with Crippen LogP contribution in [0.5, 0.6) is 5.75 Å². The number of rotatable bonds is 6. The minimum atomic E-state index is -0.290. The van der Waals surface area contributed by atoms with E-state index in [4.69, 9.17) is 9.47 Å². The van der Waals surface area contributed by atoms with Crippen LogP contribution in [0.2, 0.25) is 0 Å². The van der Waals surface area contributed by atoms with Crippen molar-refractivity contribution in [1.82, 2.24) is 5.32 Å². The molecule has 1 aliphatic rings. The lowest BCUT2D eigenvalue weighted by molar-refractivity contribution is 0.00587. The molecule has 0 aromatic heterocycles. The largest absolute Gasteiger partial charge is 0.485 e. The summed E-state index contributed by atoms with van der Waals surface area (Å²) >= 11 is 0. The lowest BCUT2D eigenvalue weighted by atomic mass is 10.1. The Morgan fingerprint density at radius 1 is 1.47 bits per heavy atom. The number of hydrogen-bond acceptors (Lipinski definition) is 3. The van der Waals surface area contributed by atoms with Crippen LogP contribution >= 0.6 is 0 Å². The molecule has 0 amide bonds. The van der Waals surface area contributed by atoms with Crippen molar-refractivity contribution in [3.05, 3.63) is 29.6 Å². The van der Waals surface area contributed by atoms with Crippen LogP contribution in [-0.4, -0.2) is 25.9 Å². The molecule has 0 bridgehead atoms. The highest BCUT2D eigenvalue weighted by Gasteiger charge is 2.17. The summed E-state index contributed by atoms with van der Waals surface area (Å²) in [6.45, 7) is 5.08. The Kier molecular flexibility index (Phi) is 5.61. The van der Waals surface area contributed by atoms with Gasteiger partial charge in [0.2, 0.25) is 0 Å². The first-order valence-electron chi connectivity index (χ1n) is 7.03. The molecule has 2 rings (SSSR count). The van der Waals surface area contributed by atoms with Crippen molar-refractivity contribution in [3.8, 4) is 5.75 Å². The van der Waals surface area contributed by atoms with Gasteiger partial charge in [-0.1, -0.05) is 13.0 Å². The second-order valence-electron chi connectivity index (χ2n) is 4.90. The summed E-state index contributed by atoms with van der Waals surface area (Å²) in [5.41, 5.74) is 0.943. The fourth-order valence-electron chi connectivity index (χ4n) is 2.14. The van der Waals surface area contributed by atoms with Crippen molar-refractivity contribution in [2.24, 2.45) is 0 Å². The van der Waals surface area contributed by atoms with Gasteiger partial charge >= 0.3 is 0 Å². The summed E-state index contributed by atoms with van der Waals surface area (Å²) in [5, 5.41) is 3.25. The van der Waals surface area contributed by atoms with Crippen LogP contribution in [0.4, 0.5) is 4.39 Å². The highest BCUT2D eigenvalue weighted by atomic mass is 19.1. The van der Waals surface area contributed by atoms with Gasteiger partial charge in [-0.2, -0.15) is 0 Å². The first kappa shape index (κ1) is 14.3. The molecule has 1 N–H and O–H groups in total. The maximum atomic E-state index is 13.9. The predicted molar refractivity (Wildman–Crippen MR) is 72.9 cm³/mol. The topological polar surface area (TPSA) is 30.5 Å². The quantitative estimate of drug-likeness (QED) is 0.804. The minimum absolute atomic E-state index is 0.0210. The van der Waals surface area contributed by atoms with Crippen LogP contribution in [0.15, 0.2) is 18.2 Å². The zero-order chi connectivity index (χ0) is 13.5. The van der Waals surface area contributed by atoms with E-state index in [9.17, 15) is 4.39 Å². The molecule has 1 atom stereocenters. The molecule has 0 aliphatic carbocycles. The van der Waals surface area contributed by atoms with Gasteiger partial charge in [-0.15, -0.1) is 0 Å². The number of ether oxygens (including phenoxy) is 2. The average Bonchev–Trinajstić information content (AvgIpc) is 2.43. The third-order valence-corrected chi connectivity index (χ3v) is 3.16. The van der Waals surface area contributed by atoms with Crippen LogP contribution < -0.4 is 10.1 Å². The molecule has 1 fully saturated rings. The molecule has 1 aromatic rings. The number of halogens is 1. The van der Waals surface area contributed by atoms with Crippen molar-refractivity contribution in [1.29, 1.82) is 0 Å². The zero-order valence-corrected chi connectivity index (χ0v) is 11.5. The van der Waals surface area contributed by atoms with E-state index in [2.05, 4.69) is 12.2 Å². The minimum Gasteiger partial charge on any atom is -0.485 e. The zero-order valence-electron chi connectivity index (χ0n) is 11.5. The Hall–Kier alpha value is -1.13. The molecular weight excluding hydrogens is 245 g/mol. The second kappa shape index (κ2) is 7.46. The van der Waals surface area contributed by atoms with Gasteiger partial charge in [0.15, 0.2) is 11.6 Å². The number of benzene rings is 1. The van der Waals surface area contributed by atoms with Crippen molar-refractivity contribution >= 4 is 0 Å². The molecule has 106 valence electrons. The van der Waals surface area contributed by atoms with Crippen LogP contribution in [0, 0.1) is 5.82 Å². The fraction of sp³-hybridized carbons (Fsp3) is 0.600. The lowest BCUT2D eigenvalue weighted by Gasteiger charge is -2.23. The van der Waals surface area contributed by atoms with Crippen molar-refractivity contribution in [2.45, 2.75) is 38.8 Å². The molecule has 0 radical (unpaired) electrons. The lowest BCUT2D eigenvalue weighted by Crippen LogP contribution is -2.28.